The van der Waals surface area contributed by atoms with Crippen LogP contribution < -0.4 is 4.74 Å². The molecule has 1 rings (SSSR count). The van der Waals surface area contributed by atoms with Crippen molar-refractivity contribution >= 4 is 11.7 Å². The summed E-state index contributed by atoms with van der Waals surface area (Å²) in [5, 5.41) is 44.0. The van der Waals surface area contributed by atoms with Crippen molar-refractivity contribution in [2.45, 2.75) is 0 Å². The number of ether oxygens (including phenoxy) is 1. The number of aliphatic hydroxyl groups is 3. The summed E-state index contributed by atoms with van der Waals surface area (Å²) in [7, 11) is 0. The first kappa shape index (κ1) is 21.7. The van der Waals surface area contributed by atoms with Crippen LogP contribution >= 0.6 is 0 Å². The van der Waals surface area contributed by atoms with Crippen molar-refractivity contribution in [3.05, 3.63) is 34.4 Å². The van der Waals surface area contributed by atoms with Gasteiger partial charge >= 0.3 is 5.97 Å². The molecule has 0 saturated heterocycles. The molecular formula is C14H22N2O8. The lowest BCUT2D eigenvalue weighted by Gasteiger charge is -2.17. The van der Waals surface area contributed by atoms with Crippen LogP contribution in [0.4, 0.5) is 5.69 Å². The number of nitro groups is 1. The van der Waals surface area contributed by atoms with Gasteiger partial charge in [-0.15, -0.1) is 0 Å². The SMILES string of the molecule is O=C(O)COc1ccc([N+](=O)[O-])cc1.OCCN(CCO)CCO. The van der Waals surface area contributed by atoms with E-state index in [1.807, 2.05) is 0 Å². The van der Waals surface area contributed by atoms with Crippen LogP contribution in [-0.4, -0.2) is 82.3 Å². The zero-order valence-corrected chi connectivity index (χ0v) is 13.1. The van der Waals surface area contributed by atoms with Crippen molar-refractivity contribution in [1.82, 2.24) is 4.90 Å². The second-order valence-electron chi connectivity index (χ2n) is 4.45. The lowest BCUT2D eigenvalue weighted by atomic mass is 10.3. The van der Waals surface area contributed by atoms with E-state index in [0.29, 0.717) is 19.6 Å². The third-order valence-electron chi connectivity index (χ3n) is 2.66. The minimum Gasteiger partial charge on any atom is -0.482 e. The topological polar surface area (TPSA) is 154 Å². The number of carbonyl (C=O) groups is 1. The maximum absolute atomic E-state index is 10.2. The molecule has 0 heterocycles. The van der Waals surface area contributed by atoms with Gasteiger partial charge in [0.25, 0.3) is 5.69 Å². The van der Waals surface area contributed by atoms with Crippen LogP contribution in [0.1, 0.15) is 0 Å². The highest BCUT2D eigenvalue weighted by Gasteiger charge is 2.05. The molecule has 0 amide bonds. The molecule has 10 nitrogen and oxygen atoms in total. The molecule has 10 heteroatoms. The number of benzene rings is 1. The molecule has 1 aromatic rings. The summed E-state index contributed by atoms with van der Waals surface area (Å²) in [5.74, 6) is -0.804. The van der Waals surface area contributed by atoms with Gasteiger partial charge in [0.05, 0.1) is 24.7 Å². The number of hydrogen-bond donors (Lipinski definition) is 4. The summed E-state index contributed by atoms with van der Waals surface area (Å²) in [6, 6.07) is 5.19. The van der Waals surface area contributed by atoms with E-state index in [0.717, 1.165) is 0 Å². The summed E-state index contributed by atoms with van der Waals surface area (Å²) in [6.07, 6.45) is 0. The largest absolute Gasteiger partial charge is 0.482 e. The molecule has 0 aliphatic rings. The van der Waals surface area contributed by atoms with Gasteiger partial charge in [-0.2, -0.15) is 0 Å². The molecule has 0 aliphatic heterocycles. The first-order chi connectivity index (χ1) is 11.4. The van der Waals surface area contributed by atoms with Crippen LogP contribution in [0.2, 0.25) is 0 Å². The molecule has 0 spiro atoms. The van der Waals surface area contributed by atoms with Crippen LogP contribution in [0, 0.1) is 10.1 Å². The number of carboxylic acid groups (broad SMARTS) is 1. The second-order valence-corrected chi connectivity index (χ2v) is 4.45. The van der Waals surface area contributed by atoms with E-state index >= 15 is 0 Å². The van der Waals surface area contributed by atoms with Gasteiger partial charge in [0.15, 0.2) is 6.61 Å². The Balaban J connectivity index is 0.000000470. The average molecular weight is 346 g/mol. The lowest BCUT2D eigenvalue weighted by Crippen LogP contribution is -2.32. The summed E-state index contributed by atoms with van der Waals surface area (Å²) in [6.45, 7) is 1.29. The van der Waals surface area contributed by atoms with Gasteiger partial charge < -0.3 is 25.2 Å². The summed E-state index contributed by atoms with van der Waals surface area (Å²) < 4.78 is 4.78. The molecule has 0 aliphatic carbocycles. The molecule has 0 unspecified atom stereocenters. The Bertz CT molecular complexity index is 466. The van der Waals surface area contributed by atoms with Crippen LogP contribution in [-0.2, 0) is 4.79 Å². The first-order valence-electron chi connectivity index (χ1n) is 7.08. The number of rotatable bonds is 10. The number of carboxylic acids is 1. The molecule has 1 aromatic carbocycles. The predicted molar refractivity (Wildman–Crippen MR) is 83.9 cm³/mol. The van der Waals surface area contributed by atoms with E-state index in [4.69, 9.17) is 25.2 Å². The highest BCUT2D eigenvalue weighted by Crippen LogP contribution is 2.16. The van der Waals surface area contributed by atoms with E-state index in [1.165, 1.54) is 24.3 Å². The number of nitro benzene ring substituents is 1. The van der Waals surface area contributed by atoms with Crippen LogP contribution in [0.25, 0.3) is 0 Å². The normalized spacial score (nSPS) is 10.0. The molecule has 0 aromatic heterocycles. The lowest BCUT2D eigenvalue weighted by molar-refractivity contribution is -0.384. The van der Waals surface area contributed by atoms with Crippen LogP contribution in [0.3, 0.4) is 0 Å². The van der Waals surface area contributed by atoms with Gasteiger partial charge in [-0.05, 0) is 12.1 Å². The maximum Gasteiger partial charge on any atom is 0.341 e. The Kier molecular flexibility index (Phi) is 11.9. The fourth-order valence-electron chi connectivity index (χ4n) is 1.57. The Hall–Kier alpha value is -2.27. The number of aliphatic carboxylic acids is 1. The summed E-state index contributed by atoms with van der Waals surface area (Å²) in [5.41, 5.74) is -0.0623. The number of non-ortho nitro benzene ring substituents is 1. The summed E-state index contributed by atoms with van der Waals surface area (Å²) >= 11 is 0. The van der Waals surface area contributed by atoms with Crippen molar-refractivity contribution in [3.63, 3.8) is 0 Å². The zero-order chi connectivity index (χ0) is 18.4. The third kappa shape index (κ3) is 10.5. The van der Waals surface area contributed by atoms with E-state index in [-0.39, 0.29) is 31.3 Å². The van der Waals surface area contributed by atoms with E-state index in [9.17, 15) is 14.9 Å². The molecule has 0 saturated carbocycles. The van der Waals surface area contributed by atoms with Crippen molar-refractivity contribution in [2.75, 3.05) is 46.1 Å². The van der Waals surface area contributed by atoms with Crippen molar-refractivity contribution in [1.29, 1.82) is 0 Å². The second kappa shape index (κ2) is 13.2. The fraction of sp³-hybridized carbons (Fsp3) is 0.500. The van der Waals surface area contributed by atoms with E-state index in [1.54, 1.807) is 4.90 Å². The minimum atomic E-state index is -1.09. The monoisotopic (exact) mass is 346 g/mol. The van der Waals surface area contributed by atoms with E-state index in [2.05, 4.69) is 0 Å². The Morgan fingerprint density at radius 1 is 1.04 bits per heavy atom. The number of hydrogen-bond acceptors (Lipinski definition) is 8. The third-order valence-corrected chi connectivity index (χ3v) is 2.66. The zero-order valence-electron chi connectivity index (χ0n) is 13.1. The van der Waals surface area contributed by atoms with Crippen molar-refractivity contribution in [3.8, 4) is 5.75 Å². The molecule has 0 bridgehead atoms. The van der Waals surface area contributed by atoms with Crippen molar-refractivity contribution in [2.24, 2.45) is 0 Å². The smallest absolute Gasteiger partial charge is 0.341 e. The van der Waals surface area contributed by atoms with Crippen LogP contribution in [0.5, 0.6) is 5.75 Å². The Morgan fingerprint density at radius 2 is 1.50 bits per heavy atom. The minimum absolute atomic E-state index is 0.0623. The quantitative estimate of drug-likeness (QED) is 0.319. The Morgan fingerprint density at radius 3 is 1.83 bits per heavy atom. The predicted octanol–water partition coefficient (Wildman–Crippen LogP) is -0.676. The highest BCUT2D eigenvalue weighted by atomic mass is 16.6. The van der Waals surface area contributed by atoms with Crippen LogP contribution in [0.15, 0.2) is 24.3 Å². The van der Waals surface area contributed by atoms with Gasteiger partial charge in [-0.1, -0.05) is 0 Å². The maximum atomic E-state index is 10.2. The highest BCUT2D eigenvalue weighted by molar-refractivity contribution is 5.68. The first-order valence-corrected chi connectivity index (χ1v) is 7.08. The van der Waals surface area contributed by atoms with Crippen molar-refractivity contribution < 1.29 is 34.9 Å². The van der Waals surface area contributed by atoms with Gasteiger partial charge in [-0.25, -0.2) is 4.79 Å². The van der Waals surface area contributed by atoms with Gasteiger partial charge in [0, 0.05) is 31.8 Å². The van der Waals surface area contributed by atoms with E-state index < -0.39 is 17.5 Å². The average Bonchev–Trinajstić information content (AvgIpc) is 2.54. The number of nitrogens with zero attached hydrogens (tertiary/aromatic N) is 2. The fourth-order valence-corrected chi connectivity index (χ4v) is 1.57. The molecule has 4 N–H and O–H groups in total. The Labute approximate surface area is 138 Å². The molecule has 0 fully saturated rings. The molecule has 0 radical (unpaired) electrons. The number of aliphatic hydroxyl groups excluding tert-OH is 3. The van der Waals surface area contributed by atoms with Gasteiger partial charge in [-0.3, -0.25) is 15.0 Å². The van der Waals surface area contributed by atoms with Gasteiger partial charge in [0.2, 0.25) is 0 Å². The van der Waals surface area contributed by atoms with Gasteiger partial charge in [0.1, 0.15) is 5.75 Å². The molecule has 136 valence electrons. The molecular weight excluding hydrogens is 324 g/mol. The molecule has 0 atom stereocenters. The summed E-state index contributed by atoms with van der Waals surface area (Å²) in [4.78, 5) is 21.6. The standard InChI is InChI=1S/C8H7NO5.C6H15NO3/c10-8(11)5-14-7-3-1-6(2-4-7)9(12)13;8-4-1-7(2-5-9)3-6-10/h1-4H,5H2,(H,10,11);8-10H,1-6H2. The molecule has 24 heavy (non-hydrogen) atoms.